The van der Waals surface area contributed by atoms with Crippen molar-refractivity contribution in [3.05, 3.63) is 30.1 Å². The SMILES string of the molecule is Cl.Cl.O=C(CCSCc1ccccn1)NCC(N1CCNCC1)C(F)(F)F. The molecule has 1 aromatic heterocycles. The average molecular weight is 449 g/mol. The third kappa shape index (κ3) is 9.84. The van der Waals surface area contributed by atoms with E-state index >= 15 is 0 Å². The van der Waals surface area contributed by atoms with E-state index in [1.807, 2.05) is 18.2 Å². The van der Waals surface area contributed by atoms with Crippen molar-refractivity contribution in [3.8, 4) is 0 Å². The zero-order valence-electron chi connectivity index (χ0n) is 14.7. The lowest BCUT2D eigenvalue weighted by Crippen LogP contribution is -2.57. The molecule has 2 heterocycles. The van der Waals surface area contributed by atoms with E-state index in [1.54, 1.807) is 6.20 Å². The van der Waals surface area contributed by atoms with E-state index in [9.17, 15) is 18.0 Å². The summed E-state index contributed by atoms with van der Waals surface area (Å²) >= 11 is 1.54. The Morgan fingerprint density at radius 2 is 2.00 bits per heavy atom. The fourth-order valence-corrected chi connectivity index (χ4v) is 3.42. The highest BCUT2D eigenvalue weighted by atomic mass is 35.5. The summed E-state index contributed by atoms with van der Waals surface area (Å²) in [4.78, 5) is 17.4. The molecule has 1 aliphatic heterocycles. The Morgan fingerprint density at radius 1 is 1.30 bits per heavy atom. The highest BCUT2D eigenvalue weighted by molar-refractivity contribution is 7.98. The Labute approximate surface area is 174 Å². The van der Waals surface area contributed by atoms with Crippen molar-refractivity contribution in [1.82, 2.24) is 20.5 Å². The van der Waals surface area contributed by atoms with E-state index in [0.717, 1.165) is 5.69 Å². The van der Waals surface area contributed by atoms with E-state index < -0.39 is 18.8 Å². The van der Waals surface area contributed by atoms with Gasteiger partial charge in [-0.05, 0) is 12.1 Å². The van der Waals surface area contributed by atoms with Gasteiger partial charge in [0.15, 0.2) is 0 Å². The highest BCUT2D eigenvalue weighted by Gasteiger charge is 2.43. The molecular weight excluding hydrogens is 424 g/mol. The van der Waals surface area contributed by atoms with Crippen LogP contribution in [0.5, 0.6) is 0 Å². The van der Waals surface area contributed by atoms with E-state index in [0.29, 0.717) is 37.7 Å². The molecular formula is C16H25Cl2F3N4OS. The van der Waals surface area contributed by atoms with Crippen LogP contribution in [0.1, 0.15) is 12.1 Å². The second-order valence-electron chi connectivity index (χ2n) is 5.77. The normalized spacial score (nSPS) is 16.0. The van der Waals surface area contributed by atoms with Gasteiger partial charge in [-0.1, -0.05) is 6.07 Å². The summed E-state index contributed by atoms with van der Waals surface area (Å²) < 4.78 is 39.7. The van der Waals surface area contributed by atoms with Gasteiger partial charge in [-0.2, -0.15) is 24.9 Å². The number of hydrogen-bond donors (Lipinski definition) is 2. The van der Waals surface area contributed by atoms with Gasteiger partial charge in [0.1, 0.15) is 6.04 Å². The molecule has 0 spiro atoms. The molecule has 156 valence electrons. The quantitative estimate of drug-likeness (QED) is 0.598. The van der Waals surface area contributed by atoms with Crippen molar-refractivity contribution in [1.29, 1.82) is 0 Å². The van der Waals surface area contributed by atoms with Gasteiger partial charge in [-0.3, -0.25) is 14.7 Å². The molecule has 5 nitrogen and oxygen atoms in total. The monoisotopic (exact) mass is 448 g/mol. The van der Waals surface area contributed by atoms with Gasteiger partial charge in [-0.25, -0.2) is 0 Å². The number of nitrogens with zero attached hydrogens (tertiary/aromatic N) is 2. The van der Waals surface area contributed by atoms with Gasteiger partial charge in [0.2, 0.25) is 5.91 Å². The lowest BCUT2D eigenvalue weighted by molar-refractivity contribution is -0.184. The molecule has 27 heavy (non-hydrogen) atoms. The average Bonchev–Trinajstić information content (AvgIpc) is 2.59. The number of amides is 1. The van der Waals surface area contributed by atoms with Crippen LogP contribution in [0.2, 0.25) is 0 Å². The summed E-state index contributed by atoms with van der Waals surface area (Å²) in [5, 5.41) is 5.46. The first-order chi connectivity index (χ1) is 12.0. The van der Waals surface area contributed by atoms with Crippen LogP contribution >= 0.6 is 36.6 Å². The number of hydrogen-bond acceptors (Lipinski definition) is 5. The summed E-state index contributed by atoms with van der Waals surface area (Å²) in [5.41, 5.74) is 0.920. The van der Waals surface area contributed by atoms with E-state index in [4.69, 9.17) is 0 Å². The Morgan fingerprint density at radius 3 is 2.59 bits per heavy atom. The number of rotatable bonds is 8. The van der Waals surface area contributed by atoms with E-state index in [2.05, 4.69) is 15.6 Å². The zero-order valence-corrected chi connectivity index (χ0v) is 17.2. The third-order valence-corrected chi connectivity index (χ3v) is 4.91. The van der Waals surface area contributed by atoms with Crippen LogP contribution in [0.3, 0.4) is 0 Å². The van der Waals surface area contributed by atoms with E-state index in [-0.39, 0.29) is 37.1 Å². The molecule has 11 heteroatoms. The van der Waals surface area contributed by atoms with Gasteiger partial charge < -0.3 is 10.6 Å². The maximum Gasteiger partial charge on any atom is 0.405 e. The molecule has 0 bridgehead atoms. The topological polar surface area (TPSA) is 57.3 Å². The summed E-state index contributed by atoms with van der Waals surface area (Å²) in [5.74, 6) is 0.880. The summed E-state index contributed by atoms with van der Waals surface area (Å²) in [6.07, 6.45) is -2.45. The Hall–Kier alpha value is -0.740. The second kappa shape index (κ2) is 13.4. The van der Waals surface area contributed by atoms with Gasteiger partial charge in [-0.15, -0.1) is 24.8 Å². The summed E-state index contributed by atoms with van der Waals surface area (Å²) in [6.45, 7) is 1.34. The Balaban J connectivity index is 0.00000338. The van der Waals surface area contributed by atoms with Crippen LogP contribution in [0.25, 0.3) is 0 Å². The minimum atomic E-state index is -4.35. The minimum Gasteiger partial charge on any atom is -0.354 e. The fraction of sp³-hybridized carbons (Fsp3) is 0.625. The molecule has 0 aromatic carbocycles. The van der Waals surface area contributed by atoms with Crippen molar-refractivity contribution in [2.45, 2.75) is 24.4 Å². The molecule has 1 saturated heterocycles. The highest BCUT2D eigenvalue weighted by Crippen LogP contribution is 2.24. The smallest absolute Gasteiger partial charge is 0.354 e. The Bertz CT molecular complexity index is 534. The van der Waals surface area contributed by atoms with Crippen LogP contribution in [0, 0.1) is 0 Å². The number of carbonyl (C=O) groups is 1. The number of aromatic nitrogens is 1. The minimum absolute atomic E-state index is 0. The molecule has 1 unspecified atom stereocenters. The Kier molecular flexibility index (Phi) is 13.1. The number of halogens is 5. The third-order valence-electron chi connectivity index (χ3n) is 3.91. The maximum absolute atomic E-state index is 13.2. The lowest BCUT2D eigenvalue weighted by atomic mass is 10.2. The summed E-state index contributed by atoms with van der Waals surface area (Å²) in [7, 11) is 0. The largest absolute Gasteiger partial charge is 0.405 e. The standard InChI is InChI=1S/C16H23F3N4OS.2ClH/c17-16(18,19)14(23-8-6-20-7-9-23)11-22-15(24)4-10-25-12-13-3-1-2-5-21-13;;/h1-3,5,14,20H,4,6-12H2,(H,22,24);2*1H. The fourth-order valence-electron chi connectivity index (χ4n) is 2.57. The predicted octanol–water partition coefficient (Wildman–Crippen LogP) is 2.50. The number of carbonyl (C=O) groups excluding carboxylic acids is 1. The molecule has 1 aromatic rings. The zero-order chi connectivity index (χ0) is 18.1. The maximum atomic E-state index is 13.2. The first-order valence-electron chi connectivity index (χ1n) is 8.22. The van der Waals surface area contributed by atoms with Crippen molar-refractivity contribution >= 4 is 42.5 Å². The van der Waals surface area contributed by atoms with Gasteiger partial charge >= 0.3 is 6.18 Å². The number of piperazine rings is 1. The van der Waals surface area contributed by atoms with Crippen molar-refractivity contribution in [3.63, 3.8) is 0 Å². The lowest BCUT2D eigenvalue weighted by Gasteiger charge is -2.35. The van der Waals surface area contributed by atoms with Crippen molar-refractivity contribution in [2.75, 3.05) is 38.5 Å². The molecule has 1 atom stereocenters. The van der Waals surface area contributed by atoms with Crippen LogP contribution in [-0.2, 0) is 10.5 Å². The van der Waals surface area contributed by atoms with Crippen LogP contribution in [-0.4, -0.2) is 66.5 Å². The first-order valence-corrected chi connectivity index (χ1v) is 9.38. The summed E-state index contributed by atoms with van der Waals surface area (Å²) in [6, 6.07) is 3.99. The predicted molar refractivity (Wildman–Crippen MR) is 107 cm³/mol. The number of pyridine rings is 1. The van der Waals surface area contributed by atoms with Crippen LogP contribution < -0.4 is 10.6 Å². The molecule has 1 amide bonds. The van der Waals surface area contributed by atoms with Gasteiger partial charge in [0.05, 0.1) is 5.69 Å². The molecule has 2 N–H and O–H groups in total. The second-order valence-corrected chi connectivity index (χ2v) is 6.88. The molecule has 0 aliphatic carbocycles. The molecule has 0 radical (unpaired) electrons. The van der Waals surface area contributed by atoms with Crippen molar-refractivity contribution in [2.24, 2.45) is 0 Å². The number of nitrogens with one attached hydrogen (secondary N) is 2. The van der Waals surface area contributed by atoms with Crippen LogP contribution in [0.15, 0.2) is 24.4 Å². The molecule has 1 aliphatic rings. The van der Waals surface area contributed by atoms with Crippen molar-refractivity contribution < 1.29 is 18.0 Å². The van der Waals surface area contributed by atoms with E-state index in [1.165, 1.54) is 16.7 Å². The number of thioether (sulfide) groups is 1. The van der Waals surface area contributed by atoms with Gasteiger partial charge in [0, 0.05) is 56.8 Å². The van der Waals surface area contributed by atoms with Crippen LogP contribution in [0.4, 0.5) is 13.2 Å². The molecule has 2 rings (SSSR count). The molecule has 1 fully saturated rings. The van der Waals surface area contributed by atoms with Gasteiger partial charge in [0.25, 0.3) is 0 Å². The molecule has 0 saturated carbocycles. The number of alkyl halides is 3. The first kappa shape index (κ1) is 26.3.